The topological polar surface area (TPSA) is 50.8 Å². The molecule has 0 aliphatic heterocycles. The molecule has 2 aromatic carbocycles. The maximum absolute atomic E-state index is 12.9. The standard InChI is InChI=1S/C21H27FN2O3/c1-15(21(25)23-14-17-5-8-18(22)9-6-17)24(2)12-11-16-7-10-19(26-3)20(13-16)27-4/h5-10,13,15H,11-12,14H2,1-4H3,(H,23,25)/t15-/m1/s1. The van der Waals surface area contributed by atoms with Crippen LogP contribution in [0.2, 0.25) is 0 Å². The Morgan fingerprint density at radius 2 is 1.70 bits per heavy atom. The number of hydrogen-bond donors (Lipinski definition) is 1. The zero-order valence-electron chi connectivity index (χ0n) is 16.3. The maximum Gasteiger partial charge on any atom is 0.237 e. The average Bonchev–Trinajstić information content (AvgIpc) is 2.70. The second kappa shape index (κ2) is 9.92. The van der Waals surface area contributed by atoms with Crippen molar-refractivity contribution in [3.63, 3.8) is 0 Å². The van der Waals surface area contributed by atoms with Crippen molar-refractivity contribution < 1.29 is 18.7 Å². The van der Waals surface area contributed by atoms with Crippen LogP contribution in [0.3, 0.4) is 0 Å². The van der Waals surface area contributed by atoms with Gasteiger partial charge >= 0.3 is 0 Å². The van der Waals surface area contributed by atoms with Crippen LogP contribution in [0.4, 0.5) is 4.39 Å². The Morgan fingerprint density at radius 3 is 2.33 bits per heavy atom. The third-order valence-electron chi connectivity index (χ3n) is 4.62. The van der Waals surface area contributed by atoms with Crippen LogP contribution >= 0.6 is 0 Å². The molecule has 1 N–H and O–H groups in total. The van der Waals surface area contributed by atoms with Crippen molar-refractivity contribution in [3.8, 4) is 11.5 Å². The van der Waals surface area contributed by atoms with Gasteiger partial charge in [-0.2, -0.15) is 0 Å². The second-order valence-electron chi connectivity index (χ2n) is 6.44. The summed E-state index contributed by atoms with van der Waals surface area (Å²) in [5, 5.41) is 2.89. The molecule has 2 rings (SSSR count). The van der Waals surface area contributed by atoms with Gasteiger partial charge < -0.3 is 14.8 Å². The van der Waals surface area contributed by atoms with Gasteiger partial charge in [0.05, 0.1) is 20.3 Å². The van der Waals surface area contributed by atoms with Crippen molar-refractivity contribution in [2.75, 3.05) is 27.8 Å². The van der Waals surface area contributed by atoms with E-state index in [1.54, 1.807) is 26.4 Å². The molecule has 0 radical (unpaired) electrons. The molecule has 0 saturated carbocycles. The summed E-state index contributed by atoms with van der Waals surface area (Å²) >= 11 is 0. The largest absolute Gasteiger partial charge is 0.493 e. The molecule has 0 saturated heterocycles. The normalized spacial score (nSPS) is 11.9. The summed E-state index contributed by atoms with van der Waals surface area (Å²) in [6, 6.07) is 11.7. The van der Waals surface area contributed by atoms with Gasteiger partial charge in [-0.15, -0.1) is 0 Å². The molecule has 146 valence electrons. The lowest BCUT2D eigenvalue weighted by Gasteiger charge is -2.24. The first kappa shape index (κ1) is 20.7. The Balaban J connectivity index is 1.84. The second-order valence-corrected chi connectivity index (χ2v) is 6.44. The molecule has 0 aliphatic rings. The van der Waals surface area contributed by atoms with Crippen LogP contribution in [0.25, 0.3) is 0 Å². The molecule has 0 fully saturated rings. The number of hydrogen-bond acceptors (Lipinski definition) is 4. The quantitative estimate of drug-likeness (QED) is 0.733. The van der Waals surface area contributed by atoms with E-state index in [9.17, 15) is 9.18 Å². The highest BCUT2D eigenvalue weighted by molar-refractivity contribution is 5.81. The number of carbonyl (C=O) groups is 1. The minimum atomic E-state index is -0.284. The third kappa shape index (κ3) is 5.96. The van der Waals surface area contributed by atoms with E-state index in [-0.39, 0.29) is 17.8 Å². The Kier molecular flexibility index (Phi) is 7.61. The van der Waals surface area contributed by atoms with E-state index in [1.165, 1.54) is 12.1 Å². The molecule has 1 amide bonds. The lowest BCUT2D eigenvalue weighted by atomic mass is 10.1. The fourth-order valence-electron chi connectivity index (χ4n) is 2.67. The summed E-state index contributed by atoms with van der Waals surface area (Å²) in [6.45, 7) is 2.97. The monoisotopic (exact) mass is 374 g/mol. The molecule has 0 bridgehead atoms. The van der Waals surface area contributed by atoms with Crippen molar-refractivity contribution in [2.45, 2.75) is 25.9 Å². The van der Waals surface area contributed by atoms with Gasteiger partial charge in [0, 0.05) is 13.1 Å². The number of nitrogens with one attached hydrogen (secondary N) is 1. The first-order valence-electron chi connectivity index (χ1n) is 8.88. The Bertz CT molecular complexity index is 750. The van der Waals surface area contributed by atoms with Gasteiger partial charge in [0.2, 0.25) is 5.91 Å². The third-order valence-corrected chi connectivity index (χ3v) is 4.62. The number of nitrogens with zero attached hydrogens (tertiary/aromatic N) is 1. The molecule has 0 aliphatic carbocycles. The van der Waals surface area contributed by atoms with Crippen molar-refractivity contribution >= 4 is 5.91 Å². The fourth-order valence-corrected chi connectivity index (χ4v) is 2.67. The molecular formula is C21H27FN2O3. The molecule has 27 heavy (non-hydrogen) atoms. The summed E-state index contributed by atoms with van der Waals surface area (Å²) in [5.41, 5.74) is 1.98. The van der Waals surface area contributed by atoms with Gasteiger partial charge in [-0.25, -0.2) is 4.39 Å². The Hall–Kier alpha value is -2.60. The number of amides is 1. The number of rotatable bonds is 9. The molecule has 0 unspecified atom stereocenters. The lowest BCUT2D eigenvalue weighted by Crippen LogP contribution is -2.43. The van der Waals surface area contributed by atoms with E-state index >= 15 is 0 Å². The van der Waals surface area contributed by atoms with Crippen molar-refractivity contribution in [3.05, 3.63) is 59.4 Å². The molecule has 1 atom stereocenters. The molecular weight excluding hydrogens is 347 g/mol. The number of halogens is 1. The van der Waals surface area contributed by atoms with Gasteiger partial charge in [0.15, 0.2) is 11.5 Å². The van der Waals surface area contributed by atoms with E-state index in [0.717, 1.165) is 24.1 Å². The van der Waals surface area contributed by atoms with Crippen molar-refractivity contribution in [1.29, 1.82) is 0 Å². The van der Waals surface area contributed by atoms with Crippen LogP contribution in [0.15, 0.2) is 42.5 Å². The Labute approximate surface area is 160 Å². The summed E-state index contributed by atoms with van der Waals surface area (Å²) < 4.78 is 23.5. The minimum absolute atomic E-state index is 0.0610. The highest BCUT2D eigenvalue weighted by atomic mass is 19.1. The molecule has 0 spiro atoms. The average molecular weight is 374 g/mol. The van der Waals surface area contributed by atoms with E-state index in [1.807, 2.05) is 37.1 Å². The highest BCUT2D eigenvalue weighted by Gasteiger charge is 2.17. The predicted octanol–water partition coefficient (Wildman–Crippen LogP) is 3.02. The van der Waals surface area contributed by atoms with Gasteiger partial charge in [0.25, 0.3) is 0 Å². The lowest BCUT2D eigenvalue weighted by molar-refractivity contribution is -0.125. The molecule has 0 heterocycles. The predicted molar refractivity (Wildman–Crippen MR) is 104 cm³/mol. The maximum atomic E-state index is 12.9. The van der Waals surface area contributed by atoms with Crippen LogP contribution in [-0.4, -0.2) is 44.7 Å². The van der Waals surface area contributed by atoms with E-state index in [0.29, 0.717) is 18.0 Å². The number of carbonyl (C=O) groups excluding carboxylic acids is 1. The minimum Gasteiger partial charge on any atom is -0.493 e. The van der Waals surface area contributed by atoms with Gasteiger partial charge in [-0.3, -0.25) is 9.69 Å². The van der Waals surface area contributed by atoms with E-state index < -0.39 is 0 Å². The van der Waals surface area contributed by atoms with Crippen molar-refractivity contribution in [2.24, 2.45) is 0 Å². The van der Waals surface area contributed by atoms with Gasteiger partial charge in [-0.1, -0.05) is 18.2 Å². The number of methoxy groups -OCH3 is 2. The van der Waals surface area contributed by atoms with E-state index in [2.05, 4.69) is 5.32 Å². The summed E-state index contributed by atoms with van der Waals surface area (Å²) in [4.78, 5) is 14.4. The first-order valence-corrected chi connectivity index (χ1v) is 8.88. The van der Waals surface area contributed by atoms with Crippen LogP contribution < -0.4 is 14.8 Å². The molecule has 6 heteroatoms. The van der Waals surface area contributed by atoms with Crippen LogP contribution in [-0.2, 0) is 17.8 Å². The summed E-state index contributed by atoms with van der Waals surface area (Å²) in [5.74, 6) is 1.05. The molecule has 2 aromatic rings. The van der Waals surface area contributed by atoms with Crippen molar-refractivity contribution in [1.82, 2.24) is 10.2 Å². The zero-order chi connectivity index (χ0) is 19.8. The number of benzene rings is 2. The molecule has 5 nitrogen and oxygen atoms in total. The SMILES string of the molecule is COc1ccc(CCN(C)[C@H](C)C(=O)NCc2ccc(F)cc2)cc1OC. The smallest absolute Gasteiger partial charge is 0.237 e. The van der Waals surface area contributed by atoms with Crippen LogP contribution in [0.5, 0.6) is 11.5 Å². The molecule has 0 aromatic heterocycles. The highest BCUT2D eigenvalue weighted by Crippen LogP contribution is 2.27. The number of likely N-dealkylation sites (N-methyl/N-ethyl adjacent to an activating group) is 1. The van der Waals surface area contributed by atoms with Crippen LogP contribution in [0.1, 0.15) is 18.1 Å². The van der Waals surface area contributed by atoms with Crippen LogP contribution in [0, 0.1) is 5.82 Å². The fraction of sp³-hybridized carbons (Fsp3) is 0.381. The van der Waals surface area contributed by atoms with E-state index in [4.69, 9.17) is 9.47 Å². The zero-order valence-corrected chi connectivity index (χ0v) is 16.3. The summed E-state index contributed by atoms with van der Waals surface area (Å²) in [6.07, 6.45) is 0.784. The summed E-state index contributed by atoms with van der Waals surface area (Å²) in [7, 11) is 5.14. The first-order chi connectivity index (χ1) is 12.9. The number of ether oxygens (including phenoxy) is 2. The van der Waals surface area contributed by atoms with Gasteiger partial charge in [0.1, 0.15) is 5.82 Å². The Morgan fingerprint density at radius 1 is 1.07 bits per heavy atom. The van der Waals surface area contributed by atoms with Gasteiger partial charge in [-0.05, 0) is 55.8 Å².